The van der Waals surface area contributed by atoms with Gasteiger partial charge in [0, 0.05) is 7.11 Å². The van der Waals surface area contributed by atoms with Crippen molar-refractivity contribution in [2.45, 2.75) is 32.2 Å². The van der Waals surface area contributed by atoms with Crippen LogP contribution in [0.4, 0.5) is 0 Å². The van der Waals surface area contributed by atoms with Crippen molar-refractivity contribution in [3.63, 3.8) is 0 Å². The Bertz CT molecular complexity index is 328. The van der Waals surface area contributed by atoms with Gasteiger partial charge in [-0.2, -0.15) is 0 Å². The van der Waals surface area contributed by atoms with Crippen LogP contribution in [0.1, 0.15) is 37.9 Å². The lowest BCUT2D eigenvalue weighted by molar-refractivity contribution is 0.169. The molecule has 0 amide bonds. The third kappa shape index (κ3) is 3.06. The van der Waals surface area contributed by atoms with E-state index >= 15 is 0 Å². The molecule has 0 aliphatic rings. The van der Waals surface area contributed by atoms with Crippen molar-refractivity contribution in [3.8, 4) is 0 Å². The summed E-state index contributed by atoms with van der Waals surface area (Å²) >= 11 is 0. The van der Waals surface area contributed by atoms with Gasteiger partial charge in [-0.25, -0.2) is 0 Å². The van der Waals surface area contributed by atoms with E-state index in [-0.39, 0.29) is 11.5 Å². The highest BCUT2D eigenvalue weighted by Crippen LogP contribution is 2.29. The number of benzene rings is 1. The zero-order valence-corrected chi connectivity index (χ0v) is 11.0. The third-order valence-electron chi connectivity index (χ3n) is 2.83. The smallest absolute Gasteiger partial charge is 0.0657 e. The van der Waals surface area contributed by atoms with E-state index in [4.69, 9.17) is 4.74 Å². The fourth-order valence-electron chi connectivity index (χ4n) is 1.98. The van der Waals surface area contributed by atoms with Gasteiger partial charge in [-0.1, -0.05) is 45.0 Å². The molecule has 1 aromatic carbocycles. The first-order chi connectivity index (χ1) is 7.50. The molecule has 1 aromatic rings. The fourth-order valence-corrected chi connectivity index (χ4v) is 1.98. The van der Waals surface area contributed by atoms with E-state index in [0.717, 1.165) is 0 Å². The largest absolute Gasteiger partial charge is 0.383 e. The van der Waals surface area contributed by atoms with Gasteiger partial charge in [-0.3, -0.25) is 0 Å². The molecule has 0 saturated carbocycles. The van der Waals surface area contributed by atoms with Crippen molar-refractivity contribution in [3.05, 3.63) is 35.4 Å². The predicted octanol–water partition coefficient (Wildman–Crippen LogP) is 2.89. The van der Waals surface area contributed by atoms with Crippen molar-refractivity contribution in [2.24, 2.45) is 0 Å². The molecule has 90 valence electrons. The molecule has 2 heteroatoms. The van der Waals surface area contributed by atoms with Gasteiger partial charge in [0.2, 0.25) is 0 Å². The Morgan fingerprint density at radius 1 is 1.25 bits per heavy atom. The number of hydrogen-bond acceptors (Lipinski definition) is 2. The van der Waals surface area contributed by atoms with Gasteiger partial charge < -0.3 is 10.1 Å². The summed E-state index contributed by atoms with van der Waals surface area (Å²) in [4.78, 5) is 0. The summed E-state index contributed by atoms with van der Waals surface area (Å²) < 4.78 is 5.25. The van der Waals surface area contributed by atoms with Crippen LogP contribution in [0.5, 0.6) is 0 Å². The topological polar surface area (TPSA) is 21.3 Å². The van der Waals surface area contributed by atoms with Crippen LogP contribution in [0.25, 0.3) is 0 Å². The Morgan fingerprint density at radius 2 is 1.88 bits per heavy atom. The molecule has 0 heterocycles. The minimum absolute atomic E-state index is 0.166. The normalized spacial score (nSPS) is 13.8. The number of rotatable bonds is 4. The van der Waals surface area contributed by atoms with Crippen LogP contribution in [0.3, 0.4) is 0 Å². The summed E-state index contributed by atoms with van der Waals surface area (Å²) in [6.45, 7) is 7.42. The van der Waals surface area contributed by atoms with Crippen molar-refractivity contribution in [1.29, 1.82) is 0 Å². The van der Waals surface area contributed by atoms with Gasteiger partial charge in [0.05, 0.1) is 12.6 Å². The lowest BCUT2D eigenvalue weighted by atomic mass is 9.82. The highest BCUT2D eigenvalue weighted by atomic mass is 16.5. The van der Waals surface area contributed by atoms with E-state index in [0.29, 0.717) is 6.61 Å². The first-order valence-corrected chi connectivity index (χ1v) is 5.76. The molecular formula is C14H23NO. The molecule has 0 saturated heterocycles. The van der Waals surface area contributed by atoms with Crippen molar-refractivity contribution in [2.75, 3.05) is 20.8 Å². The third-order valence-corrected chi connectivity index (χ3v) is 2.83. The Balaban J connectivity index is 3.11. The first kappa shape index (κ1) is 13.2. The number of nitrogens with one attached hydrogen (secondary N) is 1. The second kappa shape index (κ2) is 5.46. The molecule has 16 heavy (non-hydrogen) atoms. The summed E-state index contributed by atoms with van der Waals surface area (Å²) in [7, 11) is 3.72. The molecule has 0 spiro atoms. The maximum Gasteiger partial charge on any atom is 0.0657 e. The minimum Gasteiger partial charge on any atom is -0.383 e. The Morgan fingerprint density at radius 3 is 2.38 bits per heavy atom. The van der Waals surface area contributed by atoms with Crippen molar-refractivity contribution < 1.29 is 4.74 Å². The number of hydrogen-bond donors (Lipinski definition) is 1. The van der Waals surface area contributed by atoms with E-state index in [1.54, 1.807) is 7.11 Å². The fraction of sp³-hybridized carbons (Fsp3) is 0.571. The minimum atomic E-state index is 0.166. The molecule has 1 N–H and O–H groups in total. The Hall–Kier alpha value is -0.860. The second-order valence-corrected chi connectivity index (χ2v) is 5.13. The second-order valence-electron chi connectivity index (χ2n) is 5.13. The van der Waals surface area contributed by atoms with Crippen LogP contribution < -0.4 is 5.32 Å². The van der Waals surface area contributed by atoms with Crippen LogP contribution in [0, 0.1) is 0 Å². The van der Waals surface area contributed by atoms with E-state index in [9.17, 15) is 0 Å². The van der Waals surface area contributed by atoms with Gasteiger partial charge >= 0.3 is 0 Å². The lowest BCUT2D eigenvalue weighted by Crippen LogP contribution is -2.25. The van der Waals surface area contributed by atoms with Gasteiger partial charge in [-0.05, 0) is 23.6 Å². The van der Waals surface area contributed by atoms with Gasteiger partial charge in [0.15, 0.2) is 0 Å². The van der Waals surface area contributed by atoms with E-state index < -0.39 is 0 Å². The summed E-state index contributed by atoms with van der Waals surface area (Å²) in [5.41, 5.74) is 2.88. The van der Waals surface area contributed by atoms with E-state index in [2.05, 4.69) is 50.4 Å². The standard InChI is InChI=1S/C14H23NO/c1-14(2,3)12-9-7-6-8-11(12)13(15-4)10-16-5/h6-9,13,15H,10H2,1-5H3. The average molecular weight is 221 g/mol. The highest BCUT2D eigenvalue weighted by Gasteiger charge is 2.21. The summed E-state index contributed by atoms with van der Waals surface area (Å²) in [6, 6.07) is 8.84. The number of ether oxygens (including phenoxy) is 1. The first-order valence-electron chi connectivity index (χ1n) is 5.76. The quantitative estimate of drug-likeness (QED) is 0.844. The molecular weight excluding hydrogens is 198 g/mol. The van der Waals surface area contributed by atoms with E-state index in [1.807, 2.05) is 7.05 Å². The SMILES string of the molecule is CNC(COC)c1ccccc1C(C)(C)C. The summed E-state index contributed by atoms with van der Waals surface area (Å²) in [5.74, 6) is 0. The maximum atomic E-state index is 5.25. The highest BCUT2D eigenvalue weighted by molar-refractivity contribution is 5.35. The summed E-state index contributed by atoms with van der Waals surface area (Å²) in [5, 5.41) is 3.31. The molecule has 0 aromatic heterocycles. The van der Waals surface area contributed by atoms with Gasteiger partial charge in [0.25, 0.3) is 0 Å². The molecule has 0 fully saturated rings. The molecule has 0 aliphatic heterocycles. The van der Waals surface area contributed by atoms with Crippen LogP contribution >= 0.6 is 0 Å². The van der Waals surface area contributed by atoms with Gasteiger partial charge in [-0.15, -0.1) is 0 Å². The summed E-state index contributed by atoms with van der Waals surface area (Å²) in [6.07, 6.45) is 0. The Labute approximate surface area is 99.0 Å². The monoisotopic (exact) mass is 221 g/mol. The van der Waals surface area contributed by atoms with E-state index in [1.165, 1.54) is 11.1 Å². The zero-order chi connectivity index (χ0) is 12.2. The van der Waals surface area contributed by atoms with Crippen molar-refractivity contribution in [1.82, 2.24) is 5.32 Å². The number of methoxy groups -OCH3 is 1. The van der Waals surface area contributed by atoms with Crippen LogP contribution in [0.2, 0.25) is 0 Å². The molecule has 0 radical (unpaired) electrons. The van der Waals surface area contributed by atoms with Crippen LogP contribution in [-0.2, 0) is 10.2 Å². The van der Waals surface area contributed by atoms with Crippen LogP contribution in [0.15, 0.2) is 24.3 Å². The van der Waals surface area contributed by atoms with Gasteiger partial charge in [0.1, 0.15) is 0 Å². The lowest BCUT2D eigenvalue weighted by Gasteiger charge is -2.27. The molecule has 0 aliphatic carbocycles. The van der Waals surface area contributed by atoms with Crippen LogP contribution in [-0.4, -0.2) is 20.8 Å². The Kier molecular flexibility index (Phi) is 4.51. The zero-order valence-electron chi connectivity index (χ0n) is 11.0. The molecule has 0 bridgehead atoms. The molecule has 1 atom stereocenters. The molecule has 2 nitrogen and oxygen atoms in total. The van der Waals surface area contributed by atoms with Crippen molar-refractivity contribution >= 4 is 0 Å². The predicted molar refractivity (Wildman–Crippen MR) is 68.8 cm³/mol. The average Bonchev–Trinajstić information content (AvgIpc) is 2.25. The maximum absolute atomic E-state index is 5.25. The number of likely N-dealkylation sites (N-methyl/N-ethyl adjacent to an activating group) is 1. The molecule has 1 rings (SSSR count). The molecule has 1 unspecified atom stereocenters.